The van der Waals surface area contributed by atoms with Crippen molar-refractivity contribution in [3.05, 3.63) is 51.2 Å². The van der Waals surface area contributed by atoms with Gasteiger partial charge in [0.1, 0.15) is 5.82 Å². The first-order valence-electron chi connectivity index (χ1n) is 5.47. The molecule has 0 aliphatic rings. The molecule has 2 nitrogen and oxygen atoms in total. The summed E-state index contributed by atoms with van der Waals surface area (Å²) >= 11 is 1.63. The van der Waals surface area contributed by atoms with Crippen LogP contribution in [-0.4, -0.2) is 12.0 Å². The van der Waals surface area contributed by atoms with E-state index in [1.54, 1.807) is 24.3 Å². The monoisotopic (exact) mass is 250 g/mol. The van der Waals surface area contributed by atoms with E-state index in [9.17, 15) is 4.39 Å². The van der Waals surface area contributed by atoms with Gasteiger partial charge in [-0.05, 0) is 38.1 Å². The zero-order chi connectivity index (χ0) is 12.4. The first kappa shape index (κ1) is 12.2. The fourth-order valence-electron chi connectivity index (χ4n) is 1.77. The summed E-state index contributed by atoms with van der Waals surface area (Å²) in [6.45, 7) is 3.74. The Labute approximate surface area is 105 Å². The minimum Gasteiger partial charge on any atom is -0.309 e. The van der Waals surface area contributed by atoms with Crippen LogP contribution in [0.25, 0.3) is 0 Å². The number of hydrogen-bond acceptors (Lipinski definition) is 3. The van der Waals surface area contributed by atoms with E-state index >= 15 is 0 Å². The SMILES string of the molecule is CNC(c1ccc(C)c(F)c1)c1cnc(C)s1. The molecule has 1 aromatic carbocycles. The van der Waals surface area contributed by atoms with Crippen LogP contribution in [-0.2, 0) is 0 Å². The van der Waals surface area contributed by atoms with Crippen LogP contribution in [0.3, 0.4) is 0 Å². The van der Waals surface area contributed by atoms with Gasteiger partial charge >= 0.3 is 0 Å². The van der Waals surface area contributed by atoms with Gasteiger partial charge in [-0.2, -0.15) is 0 Å². The van der Waals surface area contributed by atoms with Crippen molar-refractivity contribution < 1.29 is 4.39 Å². The maximum atomic E-state index is 13.6. The molecule has 0 aliphatic carbocycles. The molecule has 0 radical (unpaired) electrons. The van der Waals surface area contributed by atoms with E-state index in [1.165, 1.54) is 0 Å². The van der Waals surface area contributed by atoms with E-state index in [0.717, 1.165) is 15.4 Å². The third-order valence-corrected chi connectivity index (χ3v) is 3.72. The van der Waals surface area contributed by atoms with Crippen LogP contribution in [0, 0.1) is 19.7 Å². The molecule has 2 rings (SSSR count). The van der Waals surface area contributed by atoms with Gasteiger partial charge < -0.3 is 5.32 Å². The van der Waals surface area contributed by atoms with Gasteiger partial charge in [-0.3, -0.25) is 0 Å². The second-order valence-corrected chi connectivity index (χ2v) is 5.28. The molecule has 2 aromatic rings. The first-order chi connectivity index (χ1) is 8.11. The highest BCUT2D eigenvalue weighted by Gasteiger charge is 2.15. The molecular weight excluding hydrogens is 235 g/mol. The van der Waals surface area contributed by atoms with E-state index in [4.69, 9.17) is 0 Å². The van der Waals surface area contributed by atoms with E-state index in [2.05, 4.69) is 10.3 Å². The highest BCUT2D eigenvalue weighted by molar-refractivity contribution is 7.11. The normalized spacial score (nSPS) is 12.7. The van der Waals surface area contributed by atoms with Crippen LogP contribution in [0.5, 0.6) is 0 Å². The number of thiazole rings is 1. The van der Waals surface area contributed by atoms with Gasteiger partial charge in [0.25, 0.3) is 0 Å². The molecular formula is C13H15FN2S. The summed E-state index contributed by atoms with van der Waals surface area (Å²) in [6.07, 6.45) is 1.85. The molecule has 90 valence electrons. The number of nitrogens with one attached hydrogen (secondary N) is 1. The summed E-state index contributed by atoms with van der Waals surface area (Å²) in [4.78, 5) is 5.34. The number of nitrogens with zero attached hydrogens (tertiary/aromatic N) is 1. The van der Waals surface area contributed by atoms with E-state index in [1.807, 2.05) is 32.3 Å². The summed E-state index contributed by atoms with van der Waals surface area (Å²) in [5.41, 5.74) is 1.60. The molecule has 0 bridgehead atoms. The van der Waals surface area contributed by atoms with E-state index in [-0.39, 0.29) is 11.9 Å². The predicted molar refractivity (Wildman–Crippen MR) is 68.9 cm³/mol. The fraction of sp³-hybridized carbons (Fsp3) is 0.308. The Morgan fingerprint density at radius 2 is 2.12 bits per heavy atom. The van der Waals surface area contributed by atoms with Crippen LogP contribution in [0.1, 0.15) is 27.1 Å². The zero-order valence-corrected chi connectivity index (χ0v) is 10.9. The van der Waals surface area contributed by atoms with Crippen molar-refractivity contribution >= 4 is 11.3 Å². The Bertz CT molecular complexity index is 522. The molecule has 1 heterocycles. The van der Waals surface area contributed by atoms with Gasteiger partial charge in [0.15, 0.2) is 0 Å². The molecule has 0 amide bonds. The zero-order valence-electron chi connectivity index (χ0n) is 10.1. The molecule has 4 heteroatoms. The summed E-state index contributed by atoms with van der Waals surface area (Å²) < 4.78 is 13.6. The van der Waals surface area contributed by atoms with Gasteiger partial charge in [-0.1, -0.05) is 12.1 Å². The molecule has 0 aliphatic heterocycles. The first-order valence-corrected chi connectivity index (χ1v) is 6.29. The molecule has 1 N–H and O–H groups in total. The van der Waals surface area contributed by atoms with Crippen molar-refractivity contribution in [3.8, 4) is 0 Å². The van der Waals surface area contributed by atoms with Gasteiger partial charge in [0.05, 0.1) is 11.0 Å². The molecule has 0 spiro atoms. The molecule has 1 aromatic heterocycles. The van der Waals surface area contributed by atoms with Crippen molar-refractivity contribution in [1.29, 1.82) is 0 Å². The Hall–Kier alpha value is -1.26. The summed E-state index contributed by atoms with van der Waals surface area (Å²) in [6, 6.07) is 5.36. The van der Waals surface area contributed by atoms with Crippen molar-refractivity contribution in [1.82, 2.24) is 10.3 Å². The number of hydrogen-bond donors (Lipinski definition) is 1. The van der Waals surface area contributed by atoms with E-state index in [0.29, 0.717) is 5.56 Å². The van der Waals surface area contributed by atoms with Gasteiger partial charge in [0, 0.05) is 11.1 Å². The molecule has 1 atom stereocenters. The topological polar surface area (TPSA) is 24.9 Å². The highest BCUT2D eigenvalue weighted by atomic mass is 32.1. The smallest absolute Gasteiger partial charge is 0.126 e. The standard InChI is InChI=1S/C13H15FN2S/c1-8-4-5-10(6-11(8)14)13(15-3)12-7-16-9(2)17-12/h4-7,13,15H,1-3H3. The van der Waals surface area contributed by atoms with E-state index < -0.39 is 0 Å². The van der Waals surface area contributed by atoms with Crippen molar-refractivity contribution in [2.45, 2.75) is 19.9 Å². The molecule has 0 saturated heterocycles. The minimum absolute atomic E-state index is 0.0105. The number of halogens is 1. The molecule has 1 unspecified atom stereocenters. The lowest BCUT2D eigenvalue weighted by Gasteiger charge is -2.15. The maximum Gasteiger partial charge on any atom is 0.126 e. The number of benzene rings is 1. The number of rotatable bonds is 3. The van der Waals surface area contributed by atoms with Gasteiger partial charge in [-0.15, -0.1) is 11.3 Å². The quantitative estimate of drug-likeness (QED) is 0.904. The van der Waals surface area contributed by atoms with Crippen LogP contribution in [0.15, 0.2) is 24.4 Å². The molecule has 0 saturated carbocycles. The summed E-state index contributed by atoms with van der Waals surface area (Å²) in [5.74, 6) is -0.163. The Morgan fingerprint density at radius 1 is 1.35 bits per heavy atom. The van der Waals surface area contributed by atoms with Crippen molar-refractivity contribution in [2.75, 3.05) is 7.05 Å². The van der Waals surface area contributed by atoms with Crippen LogP contribution < -0.4 is 5.32 Å². The minimum atomic E-state index is -0.163. The van der Waals surface area contributed by atoms with Crippen LogP contribution >= 0.6 is 11.3 Å². The highest BCUT2D eigenvalue weighted by Crippen LogP contribution is 2.27. The fourth-order valence-corrected chi connectivity index (χ4v) is 2.70. The second-order valence-electron chi connectivity index (χ2n) is 4.01. The lowest BCUT2D eigenvalue weighted by Crippen LogP contribution is -2.16. The number of aromatic nitrogens is 1. The van der Waals surface area contributed by atoms with Crippen molar-refractivity contribution in [3.63, 3.8) is 0 Å². The lowest BCUT2D eigenvalue weighted by atomic mass is 10.0. The third kappa shape index (κ3) is 2.53. The molecule has 0 fully saturated rings. The van der Waals surface area contributed by atoms with Crippen LogP contribution in [0.4, 0.5) is 4.39 Å². The maximum absolute atomic E-state index is 13.6. The summed E-state index contributed by atoms with van der Waals surface area (Å²) in [7, 11) is 1.87. The Morgan fingerprint density at radius 3 is 2.65 bits per heavy atom. The lowest BCUT2D eigenvalue weighted by molar-refractivity contribution is 0.609. The average molecular weight is 250 g/mol. The Balaban J connectivity index is 2.38. The Kier molecular flexibility index (Phi) is 3.54. The third-order valence-electron chi connectivity index (χ3n) is 2.74. The number of aryl methyl sites for hydroxylation is 2. The average Bonchev–Trinajstić information content (AvgIpc) is 2.71. The largest absolute Gasteiger partial charge is 0.309 e. The van der Waals surface area contributed by atoms with Gasteiger partial charge in [0.2, 0.25) is 0 Å². The van der Waals surface area contributed by atoms with Crippen molar-refractivity contribution in [2.24, 2.45) is 0 Å². The summed E-state index contributed by atoms with van der Waals surface area (Å²) in [5, 5.41) is 4.22. The van der Waals surface area contributed by atoms with Crippen LogP contribution in [0.2, 0.25) is 0 Å². The second kappa shape index (κ2) is 4.94. The predicted octanol–water partition coefficient (Wildman–Crippen LogP) is 3.21. The molecule has 17 heavy (non-hydrogen) atoms. The van der Waals surface area contributed by atoms with Gasteiger partial charge in [-0.25, -0.2) is 9.37 Å².